The average Bonchev–Trinajstić information content (AvgIpc) is 2.88. The molecule has 0 amide bonds. The van der Waals surface area contributed by atoms with Crippen LogP contribution in [0.1, 0.15) is 44.1 Å². The second-order valence-electron chi connectivity index (χ2n) is 5.91. The van der Waals surface area contributed by atoms with Gasteiger partial charge in [0.25, 0.3) is 0 Å². The maximum Gasteiger partial charge on any atom is 0.106 e. The van der Waals surface area contributed by atoms with Crippen molar-refractivity contribution in [3.63, 3.8) is 0 Å². The molecule has 114 valence electrons. The van der Waals surface area contributed by atoms with Crippen LogP contribution in [0.15, 0.2) is 29.4 Å². The summed E-state index contributed by atoms with van der Waals surface area (Å²) in [6.07, 6.45) is 4.98. The van der Waals surface area contributed by atoms with Gasteiger partial charge < -0.3 is 4.84 Å². The van der Waals surface area contributed by atoms with Crippen molar-refractivity contribution in [3.8, 4) is 0 Å². The Kier molecular flexibility index (Phi) is 5.15. The van der Waals surface area contributed by atoms with Gasteiger partial charge in [-0.25, -0.2) is 0 Å². The molecule has 21 heavy (non-hydrogen) atoms. The molecule has 2 aliphatic heterocycles. The lowest BCUT2D eigenvalue weighted by atomic mass is 9.78. The van der Waals surface area contributed by atoms with Gasteiger partial charge in [0.2, 0.25) is 0 Å². The van der Waals surface area contributed by atoms with Gasteiger partial charge >= 0.3 is 0 Å². The van der Waals surface area contributed by atoms with Crippen molar-refractivity contribution in [1.29, 1.82) is 0 Å². The van der Waals surface area contributed by atoms with Gasteiger partial charge in [-0.2, -0.15) is 11.8 Å². The smallest absolute Gasteiger partial charge is 0.106 e. The molecule has 1 aromatic carbocycles. The quantitative estimate of drug-likeness (QED) is 0.389. The van der Waals surface area contributed by atoms with Crippen LogP contribution in [0.25, 0.3) is 0 Å². The monoisotopic (exact) mass is 415 g/mol. The van der Waals surface area contributed by atoms with E-state index < -0.39 is 0 Å². The molecule has 0 saturated carbocycles. The van der Waals surface area contributed by atoms with E-state index in [-0.39, 0.29) is 0 Å². The molecule has 0 N–H and O–H groups in total. The predicted octanol–water partition coefficient (Wildman–Crippen LogP) is 5.07. The summed E-state index contributed by atoms with van der Waals surface area (Å²) < 4.78 is 1.31. The van der Waals surface area contributed by atoms with Crippen LogP contribution in [0.5, 0.6) is 0 Å². The number of fused-ring (bicyclic) bond motifs is 2. The van der Waals surface area contributed by atoms with Crippen LogP contribution in [0.3, 0.4) is 0 Å². The Balaban J connectivity index is 1.95. The lowest BCUT2D eigenvalue weighted by molar-refractivity contribution is 0.209. The molecule has 4 heteroatoms. The third kappa shape index (κ3) is 3.26. The summed E-state index contributed by atoms with van der Waals surface area (Å²) in [7, 11) is 1.67. The maximum atomic E-state index is 5.14. The molecule has 2 nitrogen and oxygen atoms in total. The fourth-order valence-corrected chi connectivity index (χ4v) is 6.07. The number of rotatable bonds is 4. The SMILES string of the molecule is CCC(=NOC)[C@@H]1[C@H]2CCC(C[C@H]1c1ccc(I)cc1)S2. The number of hydrogen-bond acceptors (Lipinski definition) is 3. The maximum absolute atomic E-state index is 5.14. The molecule has 4 atom stereocenters. The summed E-state index contributed by atoms with van der Waals surface area (Å²) in [5.41, 5.74) is 2.73. The van der Waals surface area contributed by atoms with E-state index in [0.29, 0.717) is 11.8 Å². The third-order valence-electron chi connectivity index (χ3n) is 4.74. The van der Waals surface area contributed by atoms with Gasteiger partial charge in [-0.05, 0) is 71.9 Å². The molecule has 2 saturated heterocycles. The first-order valence-electron chi connectivity index (χ1n) is 7.73. The van der Waals surface area contributed by atoms with Crippen LogP contribution >= 0.6 is 34.4 Å². The zero-order chi connectivity index (χ0) is 14.8. The number of thioether (sulfide) groups is 1. The van der Waals surface area contributed by atoms with E-state index in [2.05, 4.69) is 70.7 Å². The third-order valence-corrected chi connectivity index (χ3v) is 7.16. The molecule has 3 rings (SSSR count). The second kappa shape index (κ2) is 6.90. The molecule has 1 aromatic rings. The van der Waals surface area contributed by atoms with Gasteiger partial charge in [-0.1, -0.05) is 24.2 Å². The number of benzene rings is 1. The number of hydrogen-bond donors (Lipinski definition) is 0. The van der Waals surface area contributed by atoms with Gasteiger partial charge in [0.05, 0.1) is 5.71 Å². The Labute approximate surface area is 145 Å². The molecular formula is C17H22INOS. The lowest BCUT2D eigenvalue weighted by Gasteiger charge is -2.37. The Morgan fingerprint density at radius 3 is 2.76 bits per heavy atom. The highest BCUT2D eigenvalue weighted by Gasteiger charge is 2.45. The Bertz CT molecular complexity index is 516. The van der Waals surface area contributed by atoms with E-state index in [1.165, 1.54) is 34.1 Å². The zero-order valence-corrected chi connectivity index (χ0v) is 15.6. The molecule has 0 aromatic heterocycles. The first-order chi connectivity index (χ1) is 10.2. The van der Waals surface area contributed by atoms with Gasteiger partial charge in [-0.3, -0.25) is 0 Å². The highest BCUT2D eigenvalue weighted by atomic mass is 127. The van der Waals surface area contributed by atoms with Gasteiger partial charge in [0.1, 0.15) is 7.11 Å². The molecule has 0 aliphatic carbocycles. The van der Waals surface area contributed by atoms with Crippen molar-refractivity contribution < 1.29 is 4.84 Å². The normalized spacial score (nSPS) is 32.2. The minimum Gasteiger partial charge on any atom is -0.399 e. The van der Waals surface area contributed by atoms with Crippen LogP contribution in [-0.4, -0.2) is 23.3 Å². The second-order valence-corrected chi connectivity index (χ2v) is 8.70. The van der Waals surface area contributed by atoms with Crippen molar-refractivity contribution in [2.45, 2.75) is 49.0 Å². The highest BCUT2D eigenvalue weighted by molar-refractivity contribution is 14.1. The zero-order valence-electron chi connectivity index (χ0n) is 12.6. The Morgan fingerprint density at radius 2 is 2.10 bits per heavy atom. The van der Waals surface area contributed by atoms with Crippen molar-refractivity contribution in [2.75, 3.05) is 7.11 Å². The highest BCUT2D eigenvalue weighted by Crippen LogP contribution is 2.53. The van der Waals surface area contributed by atoms with E-state index in [9.17, 15) is 0 Å². The first-order valence-corrected chi connectivity index (χ1v) is 9.76. The topological polar surface area (TPSA) is 21.6 Å². The van der Waals surface area contributed by atoms with Crippen molar-refractivity contribution in [2.24, 2.45) is 11.1 Å². The largest absolute Gasteiger partial charge is 0.399 e. The van der Waals surface area contributed by atoms with Gasteiger partial charge in [0, 0.05) is 20.0 Å². The van der Waals surface area contributed by atoms with Gasteiger partial charge in [0.15, 0.2) is 0 Å². The summed E-state index contributed by atoms with van der Waals surface area (Å²) >= 11 is 4.57. The molecule has 2 fully saturated rings. The van der Waals surface area contributed by atoms with Crippen LogP contribution in [0.4, 0.5) is 0 Å². The molecule has 0 spiro atoms. The molecule has 2 bridgehead atoms. The van der Waals surface area contributed by atoms with Crippen molar-refractivity contribution >= 4 is 40.1 Å². The average molecular weight is 415 g/mol. The standard InChI is InChI=1S/C17H22INOS/c1-3-15(19-20-2)17-14(10-13-8-9-16(17)21-13)11-4-6-12(18)7-5-11/h4-7,13-14,16-17H,3,8-10H2,1-2H3/t13?,14-,16+,17+/m0/s1. The summed E-state index contributed by atoms with van der Waals surface area (Å²) in [4.78, 5) is 5.14. The van der Waals surface area contributed by atoms with Crippen LogP contribution in [-0.2, 0) is 4.84 Å². The van der Waals surface area contributed by atoms with Gasteiger partial charge in [-0.15, -0.1) is 0 Å². The molecular weight excluding hydrogens is 393 g/mol. The van der Waals surface area contributed by atoms with E-state index >= 15 is 0 Å². The lowest BCUT2D eigenvalue weighted by Crippen LogP contribution is -2.34. The van der Waals surface area contributed by atoms with Crippen molar-refractivity contribution in [1.82, 2.24) is 0 Å². The van der Waals surface area contributed by atoms with E-state index in [1.54, 1.807) is 7.11 Å². The summed E-state index contributed by atoms with van der Waals surface area (Å²) in [6.45, 7) is 2.20. The summed E-state index contributed by atoms with van der Waals surface area (Å²) in [6, 6.07) is 9.09. The predicted molar refractivity (Wildman–Crippen MR) is 99.1 cm³/mol. The summed E-state index contributed by atoms with van der Waals surface area (Å²) in [5, 5.41) is 5.95. The number of halogens is 1. The molecule has 2 aliphatic rings. The van der Waals surface area contributed by atoms with Crippen LogP contribution in [0, 0.1) is 9.49 Å². The number of oxime groups is 1. The van der Waals surface area contributed by atoms with Crippen LogP contribution in [0.2, 0.25) is 0 Å². The van der Waals surface area contributed by atoms with E-state index in [0.717, 1.165) is 16.9 Å². The van der Waals surface area contributed by atoms with E-state index in [4.69, 9.17) is 4.84 Å². The fraction of sp³-hybridized carbons (Fsp3) is 0.588. The summed E-state index contributed by atoms with van der Waals surface area (Å²) in [5.74, 6) is 1.15. The first kappa shape index (κ1) is 15.7. The molecule has 2 heterocycles. The Morgan fingerprint density at radius 1 is 1.33 bits per heavy atom. The minimum absolute atomic E-state index is 0.541. The Hall–Kier alpha value is -0.230. The van der Waals surface area contributed by atoms with Crippen LogP contribution < -0.4 is 0 Å². The molecule has 0 radical (unpaired) electrons. The number of nitrogens with zero attached hydrogens (tertiary/aromatic N) is 1. The fourth-order valence-electron chi connectivity index (χ4n) is 3.84. The van der Waals surface area contributed by atoms with Crippen molar-refractivity contribution in [3.05, 3.63) is 33.4 Å². The van der Waals surface area contributed by atoms with E-state index in [1.807, 2.05) is 0 Å². The minimum atomic E-state index is 0.541. The molecule has 1 unspecified atom stereocenters.